The van der Waals surface area contributed by atoms with Crippen LogP contribution >= 0.6 is 0 Å². The third-order valence-corrected chi connectivity index (χ3v) is 4.18. The van der Waals surface area contributed by atoms with Gasteiger partial charge in [0.1, 0.15) is 6.54 Å². The minimum absolute atomic E-state index is 0.774. The van der Waals surface area contributed by atoms with Gasteiger partial charge >= 0.3 is 0 Å². The summed E-state index contributed by atoms with van der Waals surface area (Å²) in [5.41, 5.74) is 1.37. The molecule has 3 heteroatoms. The summed E-state index contributed by atoms with van der Waals surface area (Å²) in [4.78, 5) is 10.2. The Balaban J connectivity index is 2.54. The highest BCUT2D eigenvalue weighted by molar-refractivity contribution is 5.45. The number of hydrogen-bond donors (Lipinski definition) is 1. The van der Waals surface area contributed by atoms with Crippen molar-refractivity contribution < 1.29 is 9.28 Å². The van der Waals surface area contributed by atoms with Gasteiger partial charge in [0, 0.05) is 12.1 Å². The number of quaternary nitrogens is 1. The van der Waals surface area contributed by atoms with E-state index >= 15 is 0 Å². The monoisotopic (exact) mass is 315 g/mol. The summed E-state index contributed by atoms with van der Waals surface area (Å²) in [6.07, 6.45) is 9.44. The van der Waals surface area contributed by atoms with E-state index in [4.69, 9.17) is 0 Å². The van der Waals surface area contributed by atoms with E-state index in [-0.39, 0.29) is 0 Å². The number of benzene rings is 1. The number of carbonyl (C=O) groups is 1. The second-order valence-corrected chi connectivity index (χ2v) is 6.14. The maximum absolute atomic E-state index is 10.2. The van der Waals surface area contributed by atoms with E-state index in [0.29, 0.717) is 0 Å². The Bertz CT molecular complexity index is 446. The Morgan fingerprint density at radius 1 is 0.957 bits per heavy atom. The highest BCUT2D eigenvalue weighted by atomic mass is 16.1. The fourth-order valence-electron chi connectivity index (χ4n) is 3.07. The highest BCUT2D eigenvalue weighted by Gasteiger charge is 2.24. The van der Waals surface area contributed by atoms with Gasteiger partial charge in [0.15, 0.2) is 0 Å². The average Bonchev–Trinajstić information content (AvgIpc) is 2.55. The molecular formula is C20H31N2O+. The largest absolute Gasteiger partial charge is 0.359 e. The number of rotatable bonds is 14. The van der Waals surface area contributed by atoms with Crippen LogP contribution in [0.4, 0.5) is 0 Å². The number of amides is 1. The van der Waals surface area contributed by atoms with Gasteiger partial charge in [-0.25, -0.2) is 0 Å². The van der Waals surface area contributed by atoms with Gasteiger partial charge < -0.3 is 9.80 Å². The zero-order valence-corrected chi connectivity index (χ0v) is 14.3. The second-order valence-electron chi connectivity index (χ2n) is 6.14. The molecule has 1 aromatic rings. The third kappa shape index (κ3) is 7.80. The van der Waals surface area contributed by atoms with Crippen LogP contribution in [0.2, 0.25) is 0 Å². The summed E-state index contributed by atoms with van der Waals surface area (Å²) in [6.45, 7) is 12.8. The van der Waals surface area contributed by atoms with Gasteiger partial charge in [-0.15, -0.1) is 0 Å². The number of hydrogen-bond acceptors (Lipinski definition) is 1. The average molecular weight is 315 g/mol. The first-order valence-corrected chi connectivity index (χ1v) is 8.54. The third-order valence-electron chi connectivity index (χ3n) is 4.18. The predicted molar refractivity (Wildman–Crippen MR) is 97.9 cm³/mol. The topological polar surface area (TPSA) is 29.1 Å². The van der Waals surface area contributed by atoms with Gasteiger partial charge in [0.2, 0.25) is 6.41 Å². The number of nitrogens with zero attached hydrogens (tertiary/aromatic N) is 1. The molecule has 126 valence electrons. The Hall–Kier alpha value is -1.87. The Kier molecular flexibility index (Phi) is 9.73. The molecular weight excluding hydrogens is 284 g/mol. The molecule has 0 aliphatic rings. The molecule has 0 bridgehead atoms. The van der Waals surface area contributed by atoms with Gasteiger partial charge in [-0.1, -0.05) is 49.9 Å². The molecule has 3 nitrogen and oxygen atoms in total. The quantitative estimate of drug-likeness (QED) is 0.241. The molecule has 0 saturated carbocycles. The molecule has 1 aromatic carbocycles. The van der Waals surface area contributed by atoms with Gasteiger partial charge in [-0.2, -0.15) is 0 Å². The van der Waals surface area contributed by atoms with Crippen molar-refractivity contribution in [2.45, 2.75) is 32.2 Å². The van der Waals surface area contributed by atoms with Crippen molar-refractivity contribution in [2.75, 3.05) is 26.2 Å². The van der Waals surface area contributed by atoms with Crippen LogP contribution in [-0.4, -0.2) is 37.1 Å². The van der Waals surface area contributed by atoms with E-state index < -0.39 is 0 Å². The molecule has 0 aromatic heterocycles. The standard InChI is InChI=1S/C20H30N2O/c1-3-15-22(16-4-2,18-20-12-8-7-9-13-20)17-11-6-5-10-14-21-19-23/h3-4,7-9,12-13,19H,1-2,5-6,10-11,14-18H2/p+1. The van der Waals surface area contributed by atoms with Crippen LogP contribution in [0.25, 0.3) is 0 Å². The van der Waals surface area contributed by atoms with E-state index in [1.165, 1.54) is 18.4 Å². The SMILES string of the molecule is C=CC[N+](CC=C)(CCCCCCNC=O)Cc1ccccc1. The fraction of sp³-hybridized carbons (Fsp3) is 0.450. The summed E-state index contributed by atoms with van der Waals surface area (Å²) in [7, 11) is 0. The zero-order chi connectivity index (χ0) is 16.8. The van der Waals surface area contributed by atoms with Gasteiger partial charge in [0.25, 0.3) is 0 Å². The van der Waals surface area contributed by atoms with E-state index in [2.05, 4.69) is 48.8 Å². The lowest BCUT2D eigenvalue weighted by Gasteiger charge is -2.37. The molecule has 23 heavy (non-hydrogen) atoms. The molecule has 0 radical (unpaired) electrons. The number of carbonyl (C=O) groups excluding carboxylic acids is 1. The first-order valence-electron chi connectivity index (χ1n) is 8.54. The summed E-state index contributed by atoms with van der Waals surface area (Å²) in [5.74, 6) is 0. The van der Waals surface area contributed by atoms with Crippen molar-refractivity contribution in [3.05, 3.63) is 61.2 Å². The van der Waals surface area contributed by atoms with Crippen LogP contribution in [0.1, 0.15) is 31.2 Å². The molecule has 0 spiro atoms. The van der Waals surface area contributed by atoms with Crippen molar-refractivity contribution in [3.63, 3.8) is 0 Å². The van der Waals surface area contributed by atoms with Gasteiger partial charge in [-0.3, -0.25) is 4.79 Å². The van der Waals surface area contributed by atoms with E-state index in [1.54, 1.807) is 0 Å². The molecule has 0 atom stereocenters. The van der Waals surface area contributed by atoms with Crippen molar-refractivity contribution in [1.82, 2.24) is 5.32 Å². The fourth-order valence-corrected chi connectivity index (χ4v) is 3.07. The minimum atomic E-state index is 0.774. The Morgan fingerprint density at radius 3 is 2.22 bits per heavy atom. The van der Waals surface area contributed by atoms with E-state index in [9.17, 15) is 4.79 Å². The van der Waals surface area contributed by atoms with Gasteiger partial charge in [-0.05, 0) is 31.4 Å². The smallest absolute Gasteiger partial charge is 0.207 e. The lowest BCUT2D eigenvalue weighted by molar-refractivity contribution is -0.930. The molecule has 0 fully saturated rings. The van der Waals surface area contributed by atoms with Crippen molar-refractivity contribution in [3.8, 4) is 0 Å². The van der Waals surface area contributed by atoms with E-state index in [0.717, 1.165) is 56.5 Å². The Labute approximate surface area is 141 Å². The summed E-state index contributed by atoms with van der Waals surface area (Å²) >= 11 is 0. The van der Waals surface area contributed by atoms with Gasteiger partial charge in [0.05, 0.1) is 19.6 Å². The van der Waals surface area contributed by atoms with Crippen LogP contribution in [0.5, 0.6) is 0 Å². The summed E-state index contributed by atoms with van der Waals surface area (Å²) in [5, 5.41) is 2.72. The molecule has 0 heterocycles. The molecule has 0 unspecified atom stereocenters. The Morgan fingerprint density at radius 2 is 1.61 bits per heavy atom. The lowest BCUT2D eigenvalue weighted by Crippen LogP contribution is -2.48. The summed E-state index contributed by atoms with van der Waals surface area (Å²) < 4.78 is 0.990. The maximum Gasteiger partial charge on any atom is 0.207 e. The normalized spacial score (nSPS) is 11.0. The van der Waals surface area contributed by atoms with Crippen LogP contribution in [0.15, 0.2) is 55.6 Å². The molecule has 1 N–H and O–H groups in total. The van der Waals surface area contributed by atoms with Crippen LogP contribution in [0.3, 0.4) is 0 Å². The summed E-state index contributed by atoms with van der Waals surface area (Å²) in [6, 6.07) is 10.7. The second kappa shape index (κ2) is 11.7. The first-order chi connectivity index (χ1) is 11.3. The zero-order valence-electron chi connectivity index (χ0n) is 14.3. The van der Waals surface area contributed by atoms with E-state index in [1.807, 2.05) is 12.2 Å². The highest BCUT2D eigenvalue weighted by Crippen LogP contribution is 2.17. The maximum atomic E-state index is 10.2. The van der Waals surface area contributed by atoms with Crippen molar-refractivity contribution in [2.24, 2.45) is 0 Å². The molecule has 0 aliphatic heterocycles. The lowest BCUT2D eigenvalue weighted by atomic mass is 10.1. The number of unbranched alkanes of at least 4 members (excludes halogenated alkanes) is 3. The predicted octanol–water partition coefficient (Wildman–Crippen LogP) is 3.68. The van der Waals surface area contributed by atoms with Crippen molar-refractivity contribution in [1.29, 1.82) is 0 Å². The number of nitrogens with one attached hydrogen (secondary N) is 1. The van der Waals surface area contributed by atoms with Crippen molar-refractivity contribution >= 4 is 6.41 Å². The van der Waals surface area contributed by atoms with Crippen LogP contribution in [0, 0.1) is 0 Å². The molecule has 0 aliphatic carbocycles. The van der Waals surface area contributed by atoms with Crippen LogP contribution in [-0.2, 0) is 11.3 Å². The van der Waals surface area contributed by atoms with Crippen LogP contribution < -0.4 is 5.32 Å². The molecule has 1 rings (SSSR count). The first kappa shape index (κ1) is 19.2. The minimum Gasteiger partial charge on any atom is -0.359 e. The molecule has 0 saturated heterocycles. The molecule has 1 amide bonds.